The maximum Gasteiger partial charge on any atom is 0.231 e. The number of fused-ring (bicyclic) bond motifs is 1. The molecule has 0 aliphatic carbocycles. The number of hydrogen-bond donors (Lipinski definition) is 2. The summed E-state index contributed by atoms with van der Waals surface area (Å²) in [5.74, 6) is -1.03. The third-order valence-corrected chi connectivity index (χ3v) is 5.11. The molecule has 2 aromatic rings. The van der Waals surface area contributed by atoms with Gasteiger partial charge in [0, 0.05) is 17.9 Å². The number of nitrogens with zero attached hydrogens (tertiary/aromatic N) is 1. The number of nitrogens with one attached hydrogen (secondary N) is 1. The second kappa shape index (κ2) is 8.33. The van der Waals surface area contributed by atoms with Crippen molar-refractivity contribution in [1.29, 1.82) is 0 Å². The van der Waals surface area contributed by atoms with E-state index in [1.165, 1.54) is 24.3 Å². The third-order valence-electron chi connectivity index (χ3n) is 5.11. The van der Waals surface area contributed by atoms with E-state index in [4.69, 9.17) is 0 Å². The number of aryl methyl sites for hydroxylation is 1. The summed E-state index contributed by atoms with van der Waals surface area (Å²) < 4.78 is 13.0. The van der Waals surface area contributed by atoms with Gasteiger partial charge in [0.1, 0.15) is 5.82 Å². The summed E-state index contributed by atoms with van der Waals surface area (Å²) in [4.78, 5) is 26.9. The molecule has 0 radical (unpaired) electrons. The van der Waals surface area contributed by atoms with Crippen LogP contribution in [0.1, 0.15) is 50.7 Å². The number of aliphatic hydroxyl groups is 1. The first kappa shape index (κ1) is 21.0. The number of anilines is 2. The summed E-state index contributed by atoms with van der Waals surface area (Å²) >= 11 is 0. The summed E-state index contributed by atoms with van der Waals surface area (Å²) in [5.41, 5.74) is 2.23. The molecule has 29 heavy (non-hydrogen) atoms. The number of hydrogen-bond acceptors (Lipinski definition) is 3. The Morgan fingerprint density at radius 1 is 1.21 bits per heavy atom. The van der Waals surface area contributed by atoms with E-state index in [2.05, 4.69) is 5.32 Å². The van der Waals surface area contributed by atoms with Crippen molar-refractivity contribution in [2.45, 2.75) is 51.6 Å². The largest absolute Gasteiger partial charge is 0.390 e. The van der Waals surface area contributed by atoms with Crippen LogP contribution < -0.4 is 10.2 Å². The van der Waals surface area contributed by atoms with E-state index in [9.17, 15) is 19.1 Å². The Morgan fingerprint density at radius 3 is 2.55 bits per heavy atom. The zero-order chi connectivity index (χ0) is 21.2. The fourth-order valence-electron chi connectivity index (χ4n) is 3.55. The van der Waals surface area contributed by atoms with Gasteiger partial charge in [0.25, 0.3) is 0 Å². The lowest BCUT2D eigenvalue weighted by Gasteiger charge is -2.32. The van der Waals surface area contributed by atoms with Gasteiger partial charge in [-0.3, -0.25) is 9.59 Å². The molecule has 2 amide bonds. The van der Waals surface area contributed by atoms with Crippen molar-refractivity contribution in [3.8, 4) is 0 Å². The molecule has 1 aliphatic rings. The SMILES string of the molecule is CC(C(=O)Nc1ccc(F)cc1)c1ccc2c(c1)CCCN2C(=O)CC(C)(C)O. The summed E-state index contributed by atoms with van der Waals surface area (Å²) in [5, 5.41) is 12.8. The molecule has 0 saturated heterocycles. The minimum atomic E-state index is -1.05. The van der Waals surface area contributed by atoms with E-state index in [1.807, 2.05) is 25.1 Å². The lowest BCUT2D eigenvalue weighted by atomic mass is 9.92. The molecule has 1 unspecified atom stereocenters. The van der Waals surface area contributed by atoms with Crippen LogP contribution in [-0.2, 0) is 16.0 Å². The standard InChI is InChI=1S/C23H27FN2O3/c1-15(22(28)25-19-9-7-18(24)8-10-19)16-6-11-20-17(13-16)5-4-12-26(20)21(27)14-23(2,3)29/h6-11,13,15,29H,4-5,12,14H2,1-3H3,(H,25,28). The van der Waals surface area contributed by atoms with Crippen LogP contribution >= 0.6 is 0 Å². The highest BCUT2D eigenvalue weighted by Gasteiger charge is 2.28. The first-order chi connectivity index (χ1) is 13.6. The van der Waals surface area contributed by atoms with Crippen LogP contribution in [0.5, 0.6) is 0 Å². The molecular weight excluding hydrogens is 371 g/mol. The zero-order valence-electron chi connectivity index (χ0n) is 17.0. The maximum absolute atomic E-state index is 13.0. The minimum absolute atomic E-state index is 0.0602. The third kappa shape index (κ3) is 5.21. The van der Waals surface area contributed by atoms with Gasteiger partial charge < -0.3 is 15.3 Å². The van der Waals surface area contributed by atoms with Crippen molar-refractivity contribution < 1.29 is 19.1 Å². The van der Waals surface area contributed by atoms with Crippen molar-refractivity contribution >= 4 is 23.2 Å². The van der Waals surface area contributed by atoms with Gasteiger partial charge in [-0.15, -0.1) is 0 Å². The smallest absolute Gasteiger partial charge is 0.231 e. The van der Waals surface area contributed by atoms with Crippen LogP contribution in [0.25, 0.3) is 0 Å². The molecular formula is C23H27FN2O3. The van der Waals surface area contributed by atoms with Gasteiger partial charge in [0.2, 0.25) is 11.8 Å². The molecule has 5 nitrogen and oxygen atoms in total. The molecule has 1 aliphatic heterocycles. The Bertz CT molecular complexity index is 903. The zero-order valence-corrected chi connectivity index (χ0v) is 17.0. The molecule has 0 fully saturated rings. The van der Waals surface area contributed by atoms with Crippen LogP contribution in [0.15, 0.2) is 42.5 Å². The van der Waals surface area contributed by atoms with Crippen LogP contribution in [0.2, 0.25) is 0 Å². The van der Waals surface area contributed by atoms with Crippen molar-refractivity contribution in [2.24, 2.45) is 0 Å². The second-order valence-electron chi connectivity index (χ2n) is 8.24. The molecule has 0 aromatic heterocycles. The van der Waals surface area contributed by atoms with Gasteiger partial charge in [-0.25, -0.2) is 4.39 Å². The number of carbonyl (C=O) groups excluding carboxylic acids is 2. The predicted molar refractivity (Wildman–Crippen MR) is 111 cm³/mol. The first-order valence-corrected chi connectivity index (χ1v) is 9.86. The average molecular weight is 398 g/mol. The van der Waals surface area contributed by atoms with E-state index in [-0.39, 0.29) is 24.1 Å². The summed E-state index contributed by atoms with van der Waals surface area (Å²) in [6.45, 7) is 5.70. The normalized spacial score (nSPS) is 14.9. The predicted octanol–water partition coefficient (Wildman–Crippen LogP) is 4.01. The molecule has 6 heteroatoms. The molecule has 0 bridgehead atoms. The molecule has 1 atom stereocenters. The molecule has 2 N–H and O–H groups in total. The van der Waals surface area contributed by atoms with E-state index >= 15 is 0 Å². The topological polar surface area (TPSA) is 69.6 Å². The lowest BCUT2D eigenvalue weighted by molar-refractivity contribution is -0.122. The summed E-state index contributed by atoms with van der Waals surface area (Å²) in [6.07, 6.45) is 1.73. The highest BCUT2D eigenvalue weighted by atomic mass is 19.1. The fraction of sp³-hybridized carbons (Fsp3) is 0.391. The van der Waals surface area contributed by atoms with E-state index in [1.54, 1.807) is 18.7 Å². The quantitative estimate of drug-likeness (QED) is 0.800. The van der Waals surface area contributed by atoms with E-state index in [0.29, 0.717) is 12.2 Å². The Kier molecular flexibility index (Phi) is 6.03. The average Bonchev–Trinajstić information content (AvgIpc) is 2.66. The Balaban J connectivity index is 1.76. The van der Waals surface area contributed by atoms with Crippen LogP contribution in [0.4, 0.5) is 15.8 Å². The van der Waals surface area contributed by atoms with Crippen molar-refractivity contribution in [3.05, 3.63) is 59.4 Å². The van der Waals surface area contributed by atoms with Gasteiger partial charge in [0.15, 0.2) is 0 Å². The van der Waals surface area contributed by atoms with Crippen molar-refractivity contribution in [3.63, 3.8) is 0 Å². The van der Waals surface area contributed by atoms with Gasteiger partial charge in [0.05, 0.1) is 17.9 Å². The molecule has 1 heterocycles. The van der Waals surface area contributed by atoms with Crippen molar-refractivity contribution in [2.75, 3.05) is 16.8 Å². The van der Waals surface area contributed by atoms with Crippen LogP contribution in [0, 0.1) is 5.82 Å². The first-order valence-electron chi connectivity index (χ1n) is 9.86. The molecule has 154 valence electrons. The summed E-state index contributed by atoms with van der Waals surface area (Å²) in [7, 11) is 0. The van der Waals surface area contributed by atoms with Gasteiger partial charge in [-0.2, -0.15) is 0 Å². The van der Waals surface area contributed by atoms with E-state index < -0.39 is 11.5 Å². The minimum Gasteiger partial charge on any atom is -0.390 e. The Hall–Kier alpha value is -2.73. The maximum atomic E-state index is 13.0. The molecule has 0 spiro atoms. The number of rotatable bonds is 5. The number of amides is 2. The van der Waals surface area contributed by atoms with Gasteiger partial charge in [-0.05, 0) is 75.1 Å². The number of halogens is 1. The highest BCUT2D eigenvalue weighted by Crippen LogP contribution is 2.32. The van der Waals surface area contributed by atoms with Gasteiger partial charge >= 0.3 is 0 Å². The molecule has 0 saturated carbocycles. The lowest BCUT2D eigenvalue weighted by Crippen LogP contribution is -2.39. The number of carbonyl (C=O) groups is 2. The van der Waals surface area contributed by atoms with Gasteiger partial charge in [-0.1, -0.05) is 12.1 Å². The molecule has 3 rings (SSSR count). The number of benzene rings is 2. The summed E-state index contributed by atoms with van der Waals surface area (Å²) in [6, 6.07) is 11.4. The fourth-order valence-corrected chi connectivity index (χ4v) is 3.55. The highest BCUT2D eigenvalue weighted by molar-refractivity contribution is 5.97. The monoisotopic (exact) mass is 398 g/mol. The van der Waals surface area contributed by atoms with E-state index in [0.717, 1.165) is 29.7 Å². The van der Waals surface area contributed by atoms with Crippen LogP contribution in [0.3, 0.4) is 0 Å². The van der Waals surface area contributed by atoms with Crippen LogP contribution in [-0.4, -0.2) is 29.1 Å². The second-order valence-corrected chi connectivity index (χ2v) is 8.24. The Morgan fingerprint density at radius 2 is 1.90 bits per heavy atom. The Labute approximate surface area is 170 Å². The van der Waals surface area contributed by atoms with Crippen molar-refractivity contribution in [1.82, 2.24) is 0 Å². The molecule has 2 aromatic carbocycles.